The van der Waals surface area contributed by atoms with E-state index in [1.807, 2.05) is 32.0 Å². The van der Waals surface area contributed by atoms with E-state index in [0.29, 0.717) is 21.8 Å². The van der Waals surface area contributed by atoms with E-state index in [4.69, 9.17) is 48.4 Å². The summed E-state index contributed by atoms with van der Waals surface area (Å²) in [7, 11) is -2.21. The van der Waals surface area contributed by atoms with Gasteiger partial charge < -0.3 is 25.2 Å². The minimum atomic E-state index is -4.86. The van der Waals surface area contributed by atoms with E-state index < -0.39 is 54.6 Å². The molecule has 0 aliphatic carbocycles. The van der Waals surface area contributed by atoms with Crippen molar-refractivity contribution < 1.29 is 51.6 Å². The summed E-state index contributed by atoms with van der Waals surface area (Å²) >= 11 is 11.6. The number of carboxylic acids is 1. The minimum absolute atomic E-state index is 0.0104. The fourth-order valence-corrected chi connectivity index (χ4v) is 5.73. The zero-order valence-corrected chi connectivity index (χ0v) is 33.8. The number of anilines is 1. The molecule has 1 amide bonds. The van der Waals surface area contributed by atoms with Gasteiger partial charge in [-0.25, -0.2) is 14.2 Å². The lowest BCUT2D eigenvalue weighted by atomic mass is 10.0. The maximum atomic E-state index is 12.9. The maximum Gasteiger partial charge on any atom is 0.431 e. The van der Waals surface area contributed by atoms with Gasteiger partial charge in [-0.2, -0.15) is 13.2 Å². The van der Waals surface area contributed by atoms with Crippen molar-refractivity contribution in [2.45, 2.75) is 65.8 Å². The molecule has 55 heavy (non-hydrogen) atoms. The number of hydrogen-bond acceptors (Lipinski definition) is 9. The highest BCUT2D eigenvalue weighted by molar-refractivity contribution is 7.57. The highest BCUT2D eigenvalue weighted by atomic mass is 35.5. The van der Waals surface area contributed by atoms with Gasteiger partial charge >= 0.3 is 23.8 Å². The number of nitrogens with zero attached hydrogens (tertiary/aromatic N) is 3. The molecule has 14 nitrogen and oxygen atoms in total. The number of aryl methyl sites for hydroxylation is 2. The summed E-state index contributed by atoms with van der Waals surface area (Å²) in [5, 5.41) is 8.29. The smallest absolute Gasteiger partial charge is 0.431 e. The number of aliphatic carboxylic acids is 1. The molecule has 20 heteroatoms. The van der Waals surface area contributed by atoms with Crippen molar-refractivity contribution in [3.05, 3.63) is 90.7 Å². The summed E-state index contributed by atoms with van der Waals surface area (Å²) in [4.78, 5) is 68.9. The molecule has 0 aliphatic rings. The number of rotatable bonds is 13. The average molecular weight is 842 g/mol. The van der Waals surface area contributed by atoms with Crippen LogP contribution in [0.4, 0.5) is 18.9 Å². The molecular weight excluding hydrogens is 795 g/mol. The van der Waals surface area contributed by atoms with Gasteiger partial charge in [-0.3, -0.25) is 28.4 Å². The Morgan fingerprint density at radius 3 is 2.20 bits per heavy atom. The summed E-state index contributed by atoms with van der Waals surface area (Å²) in [6, 6.07) is 8.91. The number of esters is 1. The fourth-order valence-electron chi connectivity index (χ4n) is 4.63. The Morgan fingerprint density at radius 2 is 1.71 bits per heavy atom. The van der Waals surface area contributed by atoms with Gasteiger partial charge in [-0.05, 0) is 69.9 Å². The number of alkyl halides is 4. The van der Waals surface area contributed by atoms with Crippen molar-refractivity contribution in [2.24, 2.45) is 12.8 Å². The number of ether oxygens (including phenoxy) is 2. The van der Waals surface area contributed by atoms with Crippen LogP contribution in [-0.4, -0.2) is 81.2 Å². The van der Waals surface area contributed by atoms with Gasteiger partial charge in [0.2, 0.25) is 5.91 Å². The first-order valence-electron chi connectivity index (χ1n) is 16.6. The number of amides is 1. The summed E-state index contributed by atoms with van der Waals surface area (Å²) in [5.41, 5.74) is 4.21. The van der Waals surface area contributed by atoms with E-state index in [-0.39, 0.29) is 47.4 Å². The lowest BCUT2D eigenvalue weighted by Gasteiger charge is -2.25. The summed E-state index contributed by atoms with van der Waals surface area (Å²) in [5.74, 6) is -2.10. The number of aromatic nitrogens is 2. The van der Waals surface area contributed by atoms with Gasteiger partial charge in [0.1, 0.15) is 24.3 Å². The molecule has 1 heterocycles. The molecule has 4 N–H and O–H groups in total. The number of benzene rings is 2. The molecule has 0 aliphatic heterocycles. The van der Waals surface area contributed by atoms with Crippen LogP contribution in [-0.2, 0) is 43.3 Å². The molecule has 306 valence electrons. The predicted molar refractivity (Wildman–Crippen MR) is 204 cm³/mol. The fraction of sp³-hybridized carbons (Fsp3) is 0.457. The zero-order chi connectivity index (χ0) is 42.4. The Kier molecular flexibility index (Phi) is 19.5. The van der Waals surface area contributed by atoms with Gasteiger partial charge in [-0.1, -0.05) is 36.7 Å². The van der Waals surface area contributed by atoms with Crippen LogP contribution in [0.15, 0.2) is 52.1 Å². The third-order valence-electron chi connectivity index (χ3n) is 7.37. The van der Waals surface area contributed by atoms with Crippen LogP contribution in [0.2, 0.25) is 5.02 Å². The predicted octanol–water partition coefficient (Wildman–Crippen LogP) is 5.59. The number of hydrogen-bond donors (Lipinski definition) is 3. The number of carboxylic acid groups (broad SMARTS) is 1. The number of halogens is 5. The molecule has 0 saturated heterocycles. The molecule has 0 saturated carbocycles. The van der Waals surface area contributed by atoms with E-state index in [9.17, 15) is 41.7 Å². The SMILES string of the molecule is CC(C)OC(=O)c1cc(-n2c(=O)cc(C(F)(F)F)n(C)c2=O)ccc1Cl.CCOCN(C(=O)CCl)c1c(C)cccc1CC.CP(=O)(O)CCC(N)C(=O)O. The molecule has 0 radical (unpaired) electrons. The van der Waals surface area contributed by atoms with E-state index >= 15 is 0 Å². The summed E-state index contributed by atoms with van der Waals surface area (Å²) in [6.07, 6.45) is -4.43. The van der Waals surface area contributed by atoms with Gasteiger partial charge in [0.25, 0.3) is 5.56 Å². The molecular formula is C35H46Cl2F3N4O10P. The monoisotopic (exact) mass is 840 g/mol. The molecule has 0 spiro atoms. The molecule has 3 aromatic rings. The summed E-state index contributed by atoms with van der Waals surface area (Å²) in [6.45, 7) is 11.2. The molecule has 2 aromatic carbocycles. The van der Waals surface area contributed by atoms with E-state index in [0.717, 1.165) is 36.3 Å². The number of carbonyl (C=O) groups is 3. The molecule has 0 fully saturated rings. The van der Waals surface area contributed by atoms with Crippen LogP contribution >= 0.6 is 30.6 Å². The van der Waals surface area contributed by atoms with Gasteiger partial charge in [0.05, 0.1) is 28.1 Å². The highest BCUT2D eigenvalue weighted by Crippen LogP contribution is 2.35. The lowest BCUT2D eigenvalue weighted by molar-refractivity contribution is -0.144. The molecule has 2 atom stereocenters. The third-order valence-corrected chi connectivity index (χ3v) is 9.01. The first-order valence-corrected chi connectivity index (χ1v) is 19.8. The van der Waals surface area contributed by atoms with Crippen LogP contribution in [0.1, 0.15) is 61.3 Å². The Balaban J connectivity index is 0.000000452. The average Bonchev–Trinajstić information content (AvgIpc) is 3.09. The standard InChI is InChI=1S/C16H14ClF3N2O4.C14H20ClNO2.C5H12NO4P/c1-8(2)26-14(24)10-6-9(4-5-11(10)17)22-13(23)7-12(16(18,19)20)21(3)15(22)25;1-4-12-8-6-7-11(3)14(12)16(10-18-5-2)13(17)9-15;1-11(9,10)3-2-4(6)5(7)8/h4-8H,1-3H3;6-8H,4-5,9-10H2,1-3H3;4H,2-3,6H2,1H3,(H,7,8)(H,9,10). The van der Waals surface area contributed by atoms with E-state index in [1.54, 1.807) is 18.7 Å². The summed E-state index contributed by atoms with van der Waals surface area (Å²) < 4.78 is 60.6. The van der Waals surface area contributed by atoms with Gasteiger partial charge in [0, 0.05) is 32.5 Å². The van der Waals surface area contributed by atoms with Crippen molar-refractivity contribution in [3.8, 4) is 5.69 Å². The Hall–Kier alpha value is -3.99. The Morgan fingerprint density at radius 1 is 1.09 bits per heavy atom. The van der Waals surface area contributed by atoms with Crippen LogP contribution < -0.4 is 21.9 Å². The van der Waals surface area contributed by atoms with Gasteiger partial charge in [-0.15, -0.1) is 11.6 Å². The van der Waals surface area contributed by atoms with E-state index in [2.05, 4.69) is 6.92 Å². The van der Waals surface area contributed by atoms with Crippen molar-refractivity contribution >= 4 is 54.1 Å². The maximum absolute atomic E-state index is 12.9. The molecule has 1 aromatic heterocycles. The minimum Gasteiger partial charge on any atom is -0.480 e. The van der Waals surface area contributed by atoms with Crippen molar-refractivity contribution in [3.63, 3.8) is 0 Å². The van der Waals surface area contributed by atoms with Crippen molar-refractivity contribution in [2.75, 3.05) is 36.9 Å². The largest absolute Gasteiger partial charge is 0.480 e. The second-order valence-electron chi connectivity index (χ2n) is 12.2. The number of para-hydroxylation sites is 1. The van der Waals surface area contributed by atoms with Crippen LogP contribution in [0.5, 0.6) is 0 Å². The van der Waals surface area contributed by atoms with Crippen LogP contribution in [0.25, 0.3) is 5.69 Å². The Labute approximate surface area is 326 Å². The number of carbonyl (C=O) groups excluding carboxylic acids is 2. The second-order valence-corrected chi connectivity index (χ2v) is 15.4. The lowest BCUT2D eigenvalue weighted by Crippen LogP contribution is -2.40. The van der Waals surface area contributed by atoms with Crippen LogP contribution in [0.3, 0.4) is 0 Å². The van der Waals surface area contributed by atoms with Crippen molar-refractivity contribution in [1.82, 2.24) is 9.13 Å². The topological polar surface area (TPSA) is 200 Å². The molecule has 3 rings (SSSR count). The first-order chi connectivity index (χ1) is 25.4. The van der Waals surface area contributed by atoms with E-state index in [1.165, 1.54) is 18.8 Å². The number of nitrogens with two attached hydrogens (primary N) is 1. The third kappa shape index (κ3) is 15.2. The van der Waals surface area contributed by atoms with Crippen LogP contribution in [0, 0.1) is 6.92 Å². The quantitative estimate of drug-likeness (QED) is 0.0840. The normalized spacial score (nSPS) is 12.7. The van der Waals surface area contributed by atoms with Crippen molar-refractivity contribution in [1.29, 1.82) is 0 Å². The van der Waals surface area contributed by atoms with Gasteiger partial charge in [0.15, 0.2) is 7.37 Å². The first kappa shape index (κ1) is 49.0. The highest BCUT2D eigenvalue weighted by Gasteiger charge is 2.35. The Bertz CT molecular complexity index is 1970. The molecule has 0 bridgehead atoms. The molecule has 2 unspecified atom stereocenters. The zero-order valence-electron chi connectivity index (χ0n) is 31.4. The second kappa shape index (κ2) is 21.9.